The van der Waals surface area contributed by atoms with Gasteiger partial charge < -0.3 is 4.90 Å². The van der Waals surface area contributed by atoms with Crippen molar-refractivity contribution in [1.29, 1.82) is 0 Å². The summed E-state index contributed by atoms with van der Waals surface area (Å²) in [6.07, 6.45) is 3.79. The molecule has 0 radical (unpaired) electrons. The molecular formula is C19H25N5O2. The van der Waals surface area contributed by atoms with E-state index in [0.717, 1.165) is 37.1 Å². The Morgan fingerprint density at radius 3 is 2.62 bits per heavy atom. The predicted molar refractivity (Wildman–Crippen MR) is 101 cm³/mol. The number of piperidine rings is 1. The number of benzene rings is 1. The van der Waals surface area contributed by atoms with Crippen LogP contribution in [0, 0.1) is 13.8 Å². The normalized spacial score (nSPS) is 14.3. The van der Waals surface area contributed by atoms with E-state index in [-0.39, 0.29) is 24.5 Å². The van der Waals surface area contributed by atoms with Crippen LogP contribution in [0.1, 0.15) is 53.6 Å². The second-order valence-corrected chi connectivity index (χ2v) is 6.80. The third-order valence-electron chi connectivity index (χ3n) is 4.78. The highest BCUT2D eigenvalue weighted by Gasteiger charge is 2.16. The maximum absolute atomic E-state index is 12.3. The Hall–Kier alpha value is -2.70. The number of H-pyrrole nitrogens is 1. The SMILES string of the molecule is Cc1ccc(C(=O)CCC(=O)Nc2nc(N3CCCCC3)n[nH]2)cc1C. The average Bonchev–Trinajstić information content (AvgIpc) is 3.11. The lowest BCUT2D eigenvalue weighted by Crippen LogP contribution is -2.30. The number of ketones is 1. The van der Waals surface area contributed by atoms with E-state index >= 15 is 0 Å². The van der Waals surface area contributed by atoms with Crippen LogP contribution in [-0.4, -0.2) is 40.0 Å². The molecule has 1 saturated heterocycles. The second kappa shape index (κ2) is 8.12. The molecule has 0 unspecified atom stereocenters. The summed E-state index contributed by atoms with van der Waals surface area (Å²) in [4.78, 5) is 30.8. The van der Waals surface area contributed by atoms with E-state index < -0.39 is 0 Å². The molecule has 0 atom stereocenters. The van der Waals surface area contributed by atoms with Gasteiger partial charge >= 0.3 is 0 Å². The van der Waals surface area contributed by atoms with Gasteiger partial charge in [0.25, 0.3) is 0 Å². The van der Waals surface area contributed by atoms with Crippen LogP contribution >= 0.6 is 0 Å². The molecule has 1 fully saturated rings. The fourth-order valence-electron chi connectivity index (χ4n) is 3.03. The lowest BCUT2D eigenvalue weighted by molar-refractivity contribution is -0.116. The minimum absolute atomic E-state index is 0.0326. The number of hydrogen-bond acceptors (Lipinski definition) is 5. The number of nitrogens with one attached hydrogen (secondary N) is 2. The lowest BCUT2D eigenvalue weighted by Gasteiger charge is -2.24. The van der Waals surface area contributed by atoms with Crippen LogP contribution in [0.4, 0.5) is 11.9 Å². The second-order valence-electron chi connectivity index (χ2n) is 6.80. The molecule has 1 aliphatic heterocycles. The Balaban J connectivity index is 1.50. The summed E-state index contributed by atoms with van der Waals surface area (Å²) in [5.41, 5.74) is 2.87. The van der Waals surface area contributed by atoms with Crippen molar-refractivity contribution in [3.05, 3.63) is 34.9 Å². The molecule has 0 aliphatic carbocycles. The zero-order valence-corrected chi connectivity index (χ0v) is 15.3. The van der Waals surface area contributed by atoms with E-state index in [4.69, 9.17) is 0 Å². The lowest BCUT2D eigenvalue weighted by atomic mass is 10.0. The molecular weight excluding hydrogens is 330 g/mol. The Morgan fingerprint density at radius 1 is 1.12 bits per heavy atom. The van der Waals surface area contributed by atoms with Gasteiger partial charge in [-0.1, -0.05) is 12.1 Å². The molecule has 1 aromatic heterocycles. The van der Waals surface area contributed by atoms with Crippen LogP contribution < -0.4 is 10.2 Å². The van der Waals surface area contributed by atoms with Gasteiger partial charge in [0, 0.05) is 31.5 Å². The highest BCUT2D eigenvalue weighted by atomic mass is 16.2. The van der Waals surface area contributed by atoms with Crippen molar-refractivity contribution in [1.82, 2.24) is 15.2 Å². The summed E-state index contributed by atoms with van der Waals surface area (Å²) in [5, 5.41) is 9.59. The predicted octanol–water partition coefficient (Wildman–Crippen LogP) is 3.01. The highest BCUT2D eigenvalue weighted by Crippen LogP contribution is 2.17. The van der Waals surface area contributed by atoms with Crippen molar-refractivity contribution in [2.75, 3.05) is 23.3 Å². The van der Waals surface area contributed by atoms with Gasteiger partial charge in [-0.15, -0.1) is 5.10 Å². The molecule has 1 amide bonds. The minimum atomic E-state index is -0.247. The monoisotopic (exact) mass is 355 g/mol. The molecule has 2 N–H and O–H groups in total. The van der Waals surface area contributed by atoms with Gasteiger partial charge in [-0.25, -0.2) is 5.10 Å². The summed E-state index contributed by atoms with van der Waals surface area (Å²) in [5.74, 6) is 0.666. The van der Waals surface area contributed by atoms with E-state index in [0.29, 0.717) is 17.5 Å². The first-order chi connectivity index (χ1) is 12.5. The van der Waals surface area contributed by atoms with E-state index in [2.05, 4.69) is 25.4 Å². The molecule has 0 spiro atoms. The van der Waals surface area contributed by atoms with Gasteiger partial charge in [-0.05, 0) is 50.3 Å². The van der Waals surface area contributed by atoms with Crippen molar-refractivity contribution >= 4 is 23.6 Å². The molecule has 1 aliphatic rings. The number of aryl methyl sites for hydroxylation is 2. The number of anilines is 2. The first kappa shape index (κ1) is 18.1. The fourth-order valence-corrected chi connectivity index (χ4v) is 3.03. The van der Waals surface area contributed by atoms with Crippen LogP contribution in [0.2, 0.25) is 0 Å². The van der Waals surface area contributed by atoms with Crippen molar-refractivity contribution < 1.29 is 9.59 Å². The van der Waals surface area contributed by atoms with Crippen molar-refractivity contribution in [2.45, 2.75) is 46.0 Å². The average molecular weight is 355 g/mol. The number of carbonyl (C=O) groups is 2. The van der Waals surface area contributed by atoms with Crippen LogP contribution in [0.5, 0.6) is 0 Å². The maximum Gasteiger partial charge on any atom is 0.246 e. The van der Waals surface area contributed by atoms with Crippen molar-refractivity contribution in [3.63, 3.8) is 0 Å². The quantitative estimate of drug-likeness (QED) is 0.777. The van der Waals surface area contributed by atoms with Crippen LogP contribution in [0.15, 0.2) is 18.2 Å². The van der Waals surface area contributed by atoms with E-state index in [9.17, 15) is 9.59 Å². The van der Waals surface area contributed by atoms with Crippen molar-refractivity contribution in [3.8, 4) is 0 Å². The van der Waals surface area contributed by atoms with Gasteiger partial charge in [-0.2, -0.15) is 4.98 Å². The molecule has 1 aromatic carbocycles. The van der Waals surface area contributed by atoms with Crippen molar-refractivity contribution in [2.24, 2.45) is 0 Å². The van der Waals surface area contributed by atoms with Gasteiger partial charge in [0.15, 0.2) is 5.78 Å². The summed E-state index contributed by atoms with van der Waals surface area (Å²) in [6.45, 7) is 5.86. The summed E-state index contributed by atoms with van der Waals surface area (Å²) in [7, 11) is 0. The van der Waals surface area contributed by atoms with Gasteiger partial charge in [0.1, 0.15) is 0 Å². The Morgan fingerprint density at radius 2 is 1.88 bits per heavy atom. The van der Waals surface area contributed by atoms with Crippen LogP contribution in [0.3, 0.4) is 0 Å². The standard InChI is InChI=1S/C19H25N5O2/c1-13-6-7-15(12-14(13)2)16(25)8-9-17(26)20-18-21-19(23-22-18)24-10-4-3-5-11-24/h6-7,12H,3-5,8-11H2,1-2H3,(H2,20,21,22,23,26). The number of aromatic amines is 1. The number of carbonyl (C=O) groups excluding carboxylic acids is 2. The summed E-state index contributed by atoms with van der Waals surface area (Å²) >= 11 is 0. The summed E-state index contributed by atoms with van der Waals surface area (Å²) in [6, 6.07) is 5.61. The largest absolute Gasteiger partial charge is 0.340 e. The van der Waals surface area contributed by atoms with Crippen LogP contribution in [0.25, 0.3) is 0 Å². The number of amides is 1. The molecule has 7 nitrogen and oxygen atoms in total. The minimum Gasteiger partial charge on any atom is -0.340 e. The van der Waals surface area contributed by atoms with E-state index in [1.807, 2.05) is 32.0 Å². The molecule has 7 heteroatoms. The van der Waals surface area contributed by atoms with Gasteiger partial charge in [0.2, 0.25) is 17.8 Å². The number of Topliss-reactive ketones (excluding diaryl/α,β-unsaturated/α-hetero) is 1. The van der Waals surface area contributed by atoms with E-state index in [1.54, 1.807) is 0 Å². The first-order valence-electron chi connectivity index (χ1n) is 9.10. The third kappa shape index (κ3) is 4.47. The molecule has 2 aromatic rings. The maximum atomic E-state index is 12.3. The molecule has 3 rings (SSSR count). The fraction of sp³-hybridized carbons (Fsp3) is 0.474. The zero-order valence-electron chi connectivity index (χ0n) is 15.3. The molecule has 138 valence electrons. The molecule has 2 heterocycles. The smallest absolute Gasteiger partial charge is 0.246 e. The zero-order chi connectivity index (χ0) is 18.5. The Bertz CT molecular complexity index is 793. The molecule has 0 bridgehead atoms. The Labute approximate surface area is 153 Å². The summed E-state index contributed by atoms with van der Waals surface area (Å²) < 4.78 is 0. The van der Waals surface area contributed by atoms with Gasteiger partial charge in [-0.3, -0.25) is 14.9 Å². The molecule has 26 heavy (non-hydrogen) atoms. The van der Waals surface area contributed by atoms with E-state index in [1.165, 1.54) is 6.42 Å². The molecule has 0 saturated carbocycles. The van der Waals surface area contributed by atoms with Gasteiger partial charge in [0.05, 0.1) is 0 Å². The number of nitrogens with zero attached hydrogens (tertiary/aromatic N) is 3. The highest BCUT2D eigenvalue weighted by molar-refractivity contribution is 5.99. The third-order valence-corrected chi connectivity index (χ3v) is 4.78. The topological polar surface area (TPSA) is 91.0 Å². The number of aromatic nitrogens is 3. The van der Waals surface area contributed by atoms with Crippen LogP contribution in [-0.2, 0) is 4.79 Å². The number of rotatable bonds is 6. The number of hydrogen-bond donors (Lipinski definition) is 2. The first-order valence-corrected chi connectivity index (χ1v) is 9.10. The Kier molecular flexibility index (Phi) is 5.65.